The van der Waals surface area contributed by atoms with Crippen LogP contribution in [0.1, 0.15) is 37.0 Å². The van der Waals surface area contributed by atoms with Gasteiger partial charge in [-0.05, 0) is 48.3 Å². The van der Waals surface area contributed by atoms with Gasteiger partial charge in [-0.1, -0.05) is 26.0 Å². The van der Waals surface area contributed by atoms with E-state index < -0.39 is 0 Å². The first-order valence-corrected chi connectivity index (χ1v) is 5.51. The Bertz CT molecular complexity index is 341. The van der Waals surface area contributed by atoms with Crippen molar-refractivity contribution >= 4 is 0 Å². The molecule has 0 heterocycles. The molecule has 0 aliphatic heterocycles. The summed E-state index contributed by atoms with van der Waals surface area (Å²) in [6.07, 6.45) is 3.98. The summed E-state index contributed by atoms with van der Waals surface area (Å²) >= 11 is 0. The molecule has 2 rings (SSSR count). The molecule has 1 aromatic carbocycles. The minimum atomic E-state index is 0.0663. The second kappa shape index (κ2) is 3.72. The maximum absolute atomic E-state index is 13.9. The standard InChI is InChI=1S/C13H17F/c1-3-10-6-7-11-5-4-9(2)8-12(11)13(10)14/h6-7,9H,3-5,8H2,1-2H3. The van der Waals surface area contributed by atoms with E-state index in [1.165, 1.54) is 12.0 Å². The first kappa shape index (κ1) is 9.70. The van der Waals surface area contributed by atoms with Gasteiger partial charge in [0.05, 0.1) is 0 Å². The van der Waals surface area contributed by atoms with E-state index >= 15 is 0 Å². The summed E-state index contributed by atoms with van der Waals surface area (Å²) in [7, 11) is 0. The largest absolute Gasteiger partial charge is 0.206 e. The van der Waals surface area contributed by atoms with Crippen molar-refractivity contribution in [1.29, 1.82) is 0 Å². The van der Waals surface area contributed by atoms with Gasteiger partial charge in [-0.15, -0.1) is 0 Å². The smallest absolute Gasteiger partial charge is 0.129 e. The molecule has 0 bridgehead atoms. The average Bonchev–Trinajstić information content (AvgIpc) is 2.20. The van der Waals surface area contributed by atoms with Crippen molar-refractivity contribution in [3.63, 3.8) is 0 Å². The number of fused-ring (bicyclic) bond motifs is 1. The summed E-state index contributed by atoms with van der Waals surface area (Å²) in [5, 5.41) is 0. The quantitative estimate of drug-likeness (QED) is 0.638. The number of hydrogen-bond acceptors (Lipinski definition) is 0. The molecular weight excluding hydrogens is 175 g/mol. The van der Waals surface area contributed by atoms with Crippen LogP contribution >= 0.6 is 0 Å². The van der Waals surface area contributed by atoms with Gasteiger partial charge < -0.3 is 0 Å². The van der Waals surface area contributed by atoms with Crippen molar-refractivity contribution in [2.75, 3.05) is 0 Å². The third-order valence-corrected chi connectivity index (χ3v) is 3.26. The van der Waals surface area contributed by atoms with Crippen molar-refractivity contribution < 1.29 is 4.39 Å². The number of halogens is 1. The molecule has 0 amide bonds. The van der Waals surface area contributed by atoms with Crippen LogP contribution in [0.4, 0.5) is 4.39 Å². The van der Waals surface area contributed by atoms with Gasteiger partial charge in [-0.2, -0.15) is 0 Å². The topological polar surface area (TPSA) is 0 Å². The van der Waals surface area contributed by atoms with Gasteiger partial charge >= 0.3 is 0 Å². The van der Waals surface area contributed by atoms with E-state index in [2.05, 4.69) is 13.0 Å². The normalized spacial score (nSPS) is 20.6. The highest BCUT2D eigenvalue weighted by Crippen LogP contribution is 2.28. The van der Waals surface area contributed by atoms with E-state index in [1.54, 1.807) is 0 Å². The Balaban J connectivity index is 2.45. The Hall–Kier alpha value is -0.850. The molecule has 1 aromatic rings. The molecule has 0 N–H and O–H groups in total. The molecule has 0 saturated carbocycles. The maximum Gasteiger partial charge on any atom is 0.129 e. The van der Waals surface area contributed by atoms with E-state index in [1.807, 2.05) is 13.0 Å². The lowest BCUT2D eigenvalue weighted by Gasteiger charge is -2.22. The molecule has 0 saturated heterocycles. The third kappa shape index (κ3) is 1.56. The van der Waals surface area contributed by atoms with Crippen LogP contribution in [0, 0.1) is 11.7 Å². The molecule has 0 fully saturated rings. The average molecular weight is 192 g/mol. The zero-order valence-electron chi connectivity index (χ0n) is 8.94. The SMILES string of the molecule is CCc1ccc2c(c1F)CC(C)CC2. The van der Waals surface area contributed by atoms with E-state index in [9.17, 15) is 4.39 Å². The van der Waals surface area contributed by atoms with Crippen molar-refractivity contribution in [2.24, 2.45) is 5.92 Å². The van der Waals surface area contributed by atoms with Gasteiger partial charge in [0.1, 0.15) is 5.82 Å². The first-order chi connectivity index (χ1) is 6.72. The van der Waals surface area contributed by atoms with Gasteiger partial charge in [0.2, 0.25) is 0 Å². The van der Waals surface area contributed by atoms with Crippen LogP contribution in [0.15, 0.2) is 12.1 Å². The van der Waals surface area contributed by atoms with Crippen molar-refractivity contribution in [1.82, 2.24) is 0 Å². The van der Waals surface area contributed by atoms with Crippen LogP contribution < -0.4 is 0 Å². The Morgan fingerprint density at radius 2 is 2.21 bits per heavy atom. The molecule has 14 heavy (non-hydrogen) atoms. The number of rotatable bonds is 1. The van der Waals surface area contributed by atoms with Crippen LogP contribution in [0.3, 0.4) is 0 Å². The second-order valence-corrected chi connectivity index (χ2v) is 4.38. The monoisotopic (exact) mass is 192 g/mol. The molecule has 0 nitrogen and oxygen atoms in total. The molecule has 1 aliphatic carbocycles. The zero-order valence-corrected chi connectivity index (χ0v) is 8.94. The minimum Gasteiger partial charge on any atom is -0.206 e. The summed E-state index contributed by atoms with van der Waals surface area (Å²) < 4.78 is 13.9. The highest BCUT2D eigenvalue weighted by atomic mass is 19.1. The van der Waals surface area contributed by atoms with Crippen LogP contribution in [-0.2, 0) is 19.3 Å². The van der Waals surface area contributed by atoms with Gasteiger partial charge in [0, 0.05) is 0 Å². The van der Waals surface area contributed by atoms with Gasteiger partial charge in [0.25, 0.3) is 0 Å². The molecular formula is C13H17F. The van der Waals surface area contributed by atoms with Crippen LogP contribution in [0.2, 0.25) is 0 Å². The number of hydrogen-bond donors (Lipinski definition) is 0. The molecule has 0 radical (unpaired) electrons. The molecule has 1 heteroatoms. The third-order valence-electron chi connectivity index (χ3n) is 3.26. The summed E-state index contributed by atoms with van der Waals surface area (Å²) in [6, 6.07) is 4.06. The van der Waals surface area contributed by atoms with E-state index in [0.29, 0.717) is 5.92 Å². The second-order valence-electron chi connectivity index (χ2n) is 4.38. The Morgan fingerprint density at radius 3 is 2.93 bits per heavy atom. The number of benzene rings is 1. The van der Waals surface area contributed by atoms with Crippen molar-refractivity contribution in [3.8, 4) is 0 Å². The Labute approximate surface area is 85.1 Å². The molecule has 76 valence electrons. The highest BCUT2D eigenvalue weighted by Gasteiger charge is 2.19. The summed E-state index contributed by atoms with van der Waals surface area (Å²) in [5.41, 5.74) is 3.10. The Kier molecular flexibility index (Phi) is 2.58. The highest BCUT2D eigenvalue weighted by molar-refractivity contribution is 5.36. The fourth-order valence-electron chi connectivity index (χ4n) is 2.29. The van der Waals surface area contributed by atoms with Gasteiger partial charge in [-0.25, -0.2) is 4.39 Å². The molecule has 0 spiro atoms. The van der Waals surface area contributed by atoms with Crippen LogP contribution in [0.25, 0.3) is 0 Å². The van der Waals surface area contributed by atoms with Gasteiger partial charge in [-0.3, -0.25) is 0 Å². The van der Waals surface area contributed by atoms with Crippen LogP contribution in [-0.4, -0.2) is 0 Å². The van der Waals surface area contributed by atoms with Gasteiger partial charge in [0.15, 0.2) is 0 Å². The zero-order chi connectivity index (χ0) is 10.1. The lowest BCUT2D eigenvalue weighted by molar-refractivity contribution is 0.475. The molecule has 0 aromatic heterocycles. The van der Waals surface area contributed by atoms with Crippen LogP contribution in [0.5, 0.6) is 0 Å². The van der Waals surface area contributed by atoms with E-state index in [0.717, 1.165) is 30.4 Å². The predicted molar refractivity (Wildman–Crippen MR) is 57.0 cm³/mol. The molecule has 1 atom stereocenters. The van der Waals surface area contributed by atoms with Crippen molar-refractivity contribution in [2.45, 2.75) is 39.5 Å². The maximum atomic E-state index is 13.9. The lowest BCUT2D eigenvalue weighted by Crippen LogP contribution is -2.14. The predicted octanol–water partition coefficient (Wildman–Crippen LogP) is 3.51. The fraction of sp³-hybridized carbons (Fsp3) is 0.538. The van der Waals surface area contributed by atoms with Crippen molar-refractivity contribution in [3.05, 3.63) is 34.6 Å². The lowest BCUT2D eigenvalue weighted by atomic mass is 9.83. The number of aryl methyl sites for hydroxylation is 2. The minimum absolute atomic E-state index is 0.0663. The first-order valence-electron chi connectivity index (χ1n) is 5.51. The van der Waals surface area contributed by atoms with E-state index in [-0.39, 0.29) is 5.82 Å². The molecule has 1 aliphatic rings. The molecule has 1 unspecified atom stereocenters. The summed E-state index contributed by atoms with van der Waals surface area (Å²) in [6.45, 7) is 4.22. The fourth-order valence-corrected chi connectivity index (χ4v) is 2.29. The summed E-state index contributed by atoms with van der Waals surface area (Å²) in [5.74, 6) is 0.709. The summed E-state index contributed by atoms with van der Waals surface area (Å²) in [4.78, 5) is 0. The van der Waals surface area contributed by atoms with E-state index in [4.69, 9.17) is 0 Å². The Morgan fingerprint density at radius 1 is 1.43 bits per heavy atom.